The number of nitrogens with two attached hydrogens (primary N) is 1. The van der Waals surface area contributed by atoms with Crippen molar-refractivity contribution < 1.29 is 0 Å². The van der Waals surface area contributed by atoms with Crippen molar-refractivity contribution in [3.8, 4) is 0 Å². The Kier molecular flexibility index (Phi) is 26.4. The van der Waals surface area contributed by atoms with Crippen LogP contribution in [0.15, 0.2) is 0 Å². The molecule has 0 radical (unpaired) electrons. The van der Waals surface area contributed by atoms with Crippen LogP contribution in [0, 0.1) is 11.8 Å². The van der Waals surface area contributed by atoms with Crippen LogP contribution in [0.4, 0.5) is 0 Å². The van der Waals surface area contributed by atoms with Gasteiger partial charge in [0.1, 0.15) is 0 Å². The summed E-state index contributed by atoms with van der Waals surface area (Å²) < 4.78 is 0. The summed E-state index contributed by atoms with van der Waals surface area (Å²) in [5, 5.41) is 0. The maximum atomic E-state index is 5.44. The largest absolute Gasteiger partial charge is 0.330 e. The molecule has 0 aliphatic carbocycles. The van der Waals surface area contributed by atoms with Gasteiger partial charge < -0.3 is 10.6 Å². The zero-order valence-electron chi connectivity index (χ0n) is 15.8. The van der Waals surface area contributed by atoms with Gasteiger partial charge in [0.25, 0.3) is 0 Å². The molecule has 20 heavy (non-hydrogen) atoms. The molecule has 2 heteroatoms. The van der Waals surface area contributed by atoms with E-state index in [-0.39, 0.29) is 0 Å². The maximum Gasteiger partial charge on any atom is -0.00194 e. The Morgan fingerprint density at radius 3 is 1.65 bits per heavy atom. The lowest BCUT2D eigenvalue weighted by molar-refractivity contribution is 0.302. The van der Waals surface area contributed by atoms with Crippen LogP contribution in [0.25, 0.3) is 0 Å². The van der Waals surface area contributed by atoms with Crippen LogP contribution in [0.2, 0.25) is 0 Å². The minimum atomic E-state index is 0.828. The molecule has 0 heterocycles. The summed E-state index contributed by atoms with van der Waals surface area (Å²) in [5.74, 6) is 1.66. The smallest absolute Gasteiger partial charge is 0.00194 e. The minimum absolute atomic E-state index is 0.828. The Bertz CT molecular complexity index is 142. The van der Waals surface area contributed by atoms with Gasteiger partial charge in [-0.15, -0.1) is 0 Å². The Labute approximate surface area is 130 Å². The first-order valence-corrected chi connectivity index (χ1v) is 8.78. The normalized spacial score (nSPS) is 10.2. The third-order valence-electron chi connectivity index (χ3n) is 2.58. The average molecular weight is 289 g/mol. The molecule has 0 aromatic heterocycles. The topological polar surface area (TPSA) is 29.3 Å². The first kappa shape index (κ1) is 24.9. The number of unbranched alkanes of at least 4 members (excludes halogenated alkanes) is 3. The number of rotatable bonds is 9. The molecule has 126 valence electrons. The summed E-state index contributed by atoms with van der Waals surface area (Å²) in [6.45, 7) is 18.4. The van der Waals surface area contributed by atoms with E-state index in [1.54, 1.807) is 0 Å². The molecule has 0 aromatic carbocycles. The van der Waals surface area contributed by atoms with Gasteiger partial charge in [0, 0.05) is 0 Å². The molecule has 2 nitrogen and oxygen atoms in total. The van der Waals surface area contributed by atoms with E-state index < -0.39 is 0 Å². The Morgan fingerprint density at radius 1 is 0.800 bits per heavy atom. The molecule has 0 saturated carbocycles. The molecule has 0 unspecified atom stereocenters. The Morgan fingerprint density at radius 2 is 1.25 bits per heavy atom. The van der Waals surface area contributed by atoms with Crippen LogP contribution in [0.3, 0.4) is 0 Å². The van der Waals surface area contributed by atoms with Gasteiger partial charge in [-0.3, -0.25) is 0 Å². The molecule has 0 aliphatic rings. The molecule has 0 amide bonds. The highest BCUT2D eigenvalue weighted by Gasteiger charge is 1.99. The van der Waals surface area contributed by atoms with E-state index in [4.69, 9.17) is 5.73 Å². The van der Waals surface area contributed by atoms with Crippen molar-refractivity contribution in [3.05, 3.63) is 0 Å². The summed E-state index contributed by atoms with van der Waals surface area (Å²) in [5.41, 5.74) is 5.44. The molecule has 2 N–H and O–H groups in total. The molecule has 0 aliphatic heterocycles. The van der Waals surface area contributed by atoms with Gasteiger partial charge in [0.15, 0.2) is 0 Å². The van der Waals surface area contributed by atoms with Crippen LogP contribution in [-0.2, 0) is 0 Å². The van der Waals surface area contributed by atoms with Gasteiger partial charge in [0.2, 0.25) is 0 Å². The summed E-state index contributed by atoms with van der Waals surface area (Å²) in [6.07, 6.45) is 6.47. The zero-order chi connectivity index (χ0) is 16.4. The molecule has 0 spiro atoms. The molecule has 0 fully saturated rings. The monoisotopic (exact) mass is 288 g/mol. The second-order valence-electron chi connectivity index (χ2n) is 6.42. The molecular weight excluding hydrogens is 244 g/mol. The van der Waals surface area contributed by atoms with E-state index in [9.17, 15) is 0 Å². The fraction of sp³-hybridized carbons (Fsp3) is 1.00. The predicted octanol–water partition coefficient (Wildman–Crippen LogP) is 5.17. The summed E-state index contributed by atoms with van der Waals surface area (Å²) in [7, 11) is 2.23. The van der Waals surface area contributed by atoms with E-state index in [0.29, 0.717) is 0 Å². The van der Waals surface area contributed by atoms with Crippen molar-refractivity contribution in [3.63, 3.8) is 0 Å². The minimum Gasteiger partial charge on any atom is -0.330 e. The Hall–Kier alpha value is -0.0800. The van der Waals surface area contributed by atoms with E-state index in [1.807, 2.05) is 13.8 Å². The van der Waals surface area contributed by atoms with E-state index in [0.717, 1.165) is 18.4 Å². The maximum absolute atomic E-state index is 5.44. The first-order valence-electron chi connectivity index (χ1n) is 8.78. The third kappa shape index (κ3) is 36.1. The van der Waals surface area contributed by atoms with Crippen molar-refractivity contribution >= 4 is 0 Å². The molecule has 0 saturated heterocycles. The molecule has 0 aromatic rings. The number of nitrogens with zero attached hydrogens (tertiary/aromatic N) is 1. The van der Waals surface area contributed by atoms with Gasteiger partial charge >= 0.3 is 0 Å². The number of hydrogen-bond acceptors (Lipinski definition) is 2. The van der Waals surface area contributed by atoms with Gasteiger partial charge in [0.05, 0.1) is 0 Å². The van der Waals surface area contributed by atoms with E-state index in [2.05, 4.69) is 46.6 Å². The highest BCUT2D eigenvalue weighted by atomic mass is 15.1. The number of hydrogen-bond donors (Lipinski definition) is 1. The van der Waals surface area contributed by atoms with Gasteiger partial charge in [-0.25, -0.2) is 0 Å². The summed E-state index contributed by atoms with van der Waals surface area (Å²) in [4.78, 5) is 2.45. The van der Waals surface area contributed by atoms with Gasteiger partial charge in [-0.2, -0.15) is 0 Å². The van der Waals surface area contributed by atoms with Crippen molar-refractivity contribution in [2.45, 2.75) is 80.6 Å². The summed E-state index contributed by atoms with van der Waals surface area (Å²) >= 11 is 0. The van der Waals surface area contributed by atoms with Crippen LogP contribution in [-0.4, -0.2) is 31.6 Å². The lowest BCUT2D eigenvalue weighted by atomic mass is 10.1. The van der Waals surface area contributed by atoms with Gasteiger partial charge in [-0.05, 0) is 57.8 Å². The Balaban J connectivity index is -0.000000410. The molecule has 0 rings (SSSR count). The van der Waals surface area contributed by atoms with Crippen LogP contribution in [0.1, 0.15) is 80.6 Å². The SMILES string of the molecule is CC.CC(C)C.CC(C)CCN(C)CCCCCCN. The molecule has 0 atom stereocenters. The average Bonchev–Trinajstić information content (AvgIpc) is 2.38. The highest BCUT2D eigenvalue weighted by Crippen LogP contribution is 2.03. The fourth-order valence-corrected chi connectivity index (χ4v) is 1.47. The second kappa shape index (κ2) is 21.2. The van der Waals surface area contributed by atoms with E-state index in [1.165, 1.54) is 45.2 Å². The van der Waals surface area contributed by atoms with Crippen LogP contribution < -0.4 is 5.73 Å². The first-order chi connectivity index (χ1) is 9.40. The van der Waals surface area contributed by atoms with Crippen molar-refractivity contribution in [2.75, 3.05) is 26.7 Å². The molecule has 0 bridgehead atoms. The van der Waals surface area contributed by atoms with Crippen molar-refractivity contribution in [2.24, 2.45) is 17.6 Å². The lowest BCUT2D eigenvalue weighted by Gasteiger charge is -2.17. The standard InChI is InChI=1S/C12H28N2.C4H10.C2H6/c1-12(2)8-11-14(3)10-7-5-4-6-9-13;1-4(2)3;1-2/h12H,4-11,13H2,1-3H3;4H,1-3H3;1-2H3. The lowest BCUT2D eigenvalue weighted by Crippen LogP contribution is -2.22. The quantitative estimate of drug-likeness (QED) is 0.593. The molecular formula is C18H44N2. The highest BCUT2D eigenvalue weighted by molar-refractivity contribution is 4.55. The zero-order valence-corrected chi connectivity index (χ0v) is 15.8. The second-order valence-corrected chi connectivity index (χ2v) is 6.42. The van der Waals surface area contributed by atoms with Crippen LogP contribution in [0.5, 0.6) is 0 Å². The fourth-order valence-electron chi connectivity index (χ4n) is 1.47. The summed E-state index contributed by atoms with van der Waals surface area (Å²) in [6, 6.07) is 0. The van der Waals surface area contributed by atoms with Crippen molar-refractivity contribution in [1.82, 2.24) is 4.90 Å². The van der Waals surface area contributed by atoms with E-state index >= 15 is 0 Å². The van der Waals surface area contributed by atoms with Crippen molar-refractivity contribution in [1.29, 1.82) is 0 Å². The third-order valence-corrected chi connectivity index (χ3v) is 2.58. The van der Waals surface area contributed by atoms with Crippen LogP contribution >= 0.6 is 0 Å². The van der Waals surface area contributed by atoms with Gasteiger partial charge in [-0.1, -0.05) is 61.3 Å². The predicted molar refractivity (Wildman–Crippen MR) is 96.3 cm³/mol.